The Morgan fingerprint density at radius 3 is 2.47 bits per heavy atom. The van der Waals surface area contributed by atoms with E-state index in [-0.39, 0.29) is 5.91 Å². The van der Waals surface area contributed by atoms with Gasteiger partial charge in [0.2, 0.25) is 5.91 Å². The van der Waals surface area contributed by atoms with Gasteiger partial charge in [0.05, 0.1) is 6.42 Å². The predicted molar refractivity (Wildman–Crippen MR) is 73.5 cm³/mol. The van der Waals surface area contributed by atoms with Gasteiger partial charge in [-0.25, -0.2) is 5.84 Å². The van der Waals surface area contributed by atoms with Gasteiger partial charge in [0.25, 0.3) is 0 Å². The average molecular weight is 252 g/mol. The molecule has 0 radical (unpaired) electrons. The lowest BCUT2D eigenvalue weighted by molar-refractivity contribution is -0.120. The molecule has 0 heterocycles. The number of carbonyl (C=O) groups excluding carboxylic acids is 1. The van der Waals surface area contributed by atoms with Crippen molar-refractivity contribution in [1.82, 2.24) is 5.43 Å². The second-order valence-electron chi connectivity index (χ2n) is 4.09. The molecule has 1 amide bonds. The summed E-state index contributed by atoms with van der Waals surface area (Å²) in [6.45, 7) is 4.44. The van der Waals surface area contributed by atoms with Crippen molar-refractivity contribution < 1.29 is 4.79 Å². The third-order valence-corrected chi connectivity index (χ3v) is 4.06. The van der Waals surface area contributed by atoms with Gasteiger partial charge in [0, 0.05) is 11.0 Å². The van der Waals surface area contributed by atoms with Crippen LogP contribution in [0.15, 0.2) is 24.3 Å². The predicted octanol–water partition coefficient (Wildman–Crippen LogP) is 2.25. The Balaban J connectivity index is 2.47. The van der Waals surface area contributed by atoms with E-state index in [0.717, 1.165) is 11.3 Å². The third kappa shape index (κ3) is 5.24. The first-order chi connectivity index (χ1) is 8.15. The van der Waals surface area contributed by atoms with Crippen LogP contribution in [0.4, 0.5) is 0 Å². The van der Waals surface area contributed by atoms with Crippen LogP contribution in [-0.2, 0) is 17.0 Å². The van der Waals surface area contributed by atoms with Gasteiger partial charge in [-0.2, -0.15) is 11.8 Å². The monoisotopic (exact) mass is 252 g/mol. The zero-order chi connectivity index (χ0) is 12.7. The molecule has 0 bridgehead atoms. The highest BCUT2D eigenvalue weighted by Gasteiger charge is 2.03. The Morgan fingerprint density at radius 1 is 1.35 bits per heavy atom. The van der Waals surface area contributed by atoms with E-state index in [1.807, 2.05) is 23.9 Å². The van der Waals surface area contributed by atoms with Crippen LogP contribution in [0, 0.1) is 0 Å². The van der Waals surface area contributed by atoms with Crippen LogP contribution in [-0.4, -0.2) is 11.2 Å². The smallest absolute Gasteiger partial charge is 0.238 e. The molecule has 0 spiro atoms. The molecule has 0 saturated heterocycles. The molecule has 0 saturated carbocycles. The van der Waals surface area contributed by atoms with E-state index in [1.165, 1.54) is 12.0 Å². The molecular formula is C13H20N2OS. The van der Waals surface area contributed by atoms with Gasteiger partial charge in [0.15, 0.2) is 0 Å². The van der Waals surface area contributed by atoms with Gasteiger partial charge < -0.3 is 0 Å². The van der Waals surface area contributed by atoms with Crippen LogP contribution in [0.25, 0.3) is 0 Å². The van der Waals surface area contributed by atoms with E-state index in [4.69, 9.17) is 5.84 Å². The summed E-state index contributed by atoms with van der Waals surface area (Å²) in [5.74, 6) is 5.91. The van der Waals surface area contributed by atoms with Crippen molar-refractivity contribution in [2.45, 2.75) is 37.7 Å². The molecule has 1 rings (SSSR count). The number of hydrogen-bond acceptors (Lipinski definition) is 3. The summed E-state index contributed by atoms with van der Waals surface area (Å²) in [6.07, 6.45) is 1.54. The van der Waals surface area contributed by atoms with Gasteiger partial charge in [-0.3, -0.25) is 10.2 Å². The van der Waals surface area contributed by atoms with Gasteiger partial charge in [-0.1, -0.05) is 38.1 Å². The van der Waals surface area contributed by atoms with Crippen LogP contribution in [0.1, 0.15) is 31.4 Å². The second kappa shape index (κ2) is 7.35. The van der Waals surface area contributed by atoms with Crippen molar-refractivity contribution >= 4 is 17.7 Å². The van der Waals surface area contributed by atoms with Crippen molar-refractivity contribution in [3.05, 3.63) is 35.4 Å². The minimum atomic E-state index is -0.160. The number of amides is 1. The molecule has 4 heteroatoms. The molecular weight excluding hydrogens is 232 g/mol. The standard InChI is InChI=1S/C13H20N2OS/c1-3-10(2)17-9-12-6-4-11(5-7-12)8-13(16)15-14/h4-7,10H,3,8-9,14H2,1-2H3,(H,15,16). The van der Waals surface area contributed by atoms with Crippen LogP contribution < -0.4 is 11.3 Å². The normalized spacial score (nSPS) is 12.2. The first kappa shape index (κ1) is 14.1. The molecule has 1 unspecified atom stereocenters. The maximum atomic E-state index is 11.1. The number of rotatable bonds is 6. The fraction of sp³-hybridized carbons (Fsp3) is 0.462. The van der Waals surface area contributed by atoms with Crippen LogP contribution >= 0.6 is 11.8 Å². The maximum absolute atomic E-state index is 11.1. The molecule has 1 atom stereocenters. The lowest BCUT2D eigenvalue weighted by Crippen LogP contribution is -2.31. The quantitative estimate of drug-likeness (QED) is 0.464. The van der Waals surface area contributed by atoms with Crippen molar-refractivity contribution in [2.75, 3.05) is 0 Å². The molecule has 0 aliphatic rings. The zero-order valence-electron chi connectivity index (χ0n) is 10.4. The molecule has 0 aliphatic carbocycles. The fourth-order valence-corrected chi connectivity index (χ4v) is 2.25. The molecule has 3 nitrogen and oxygen atoms in total. The van der Waals surface area contributed by atoms with E-state index in [2.05, 4.69) is 31.4 Å². The minimum Gasteiger partial charge on any atom is -0.294 e. The minimum absolute atomic E-state index is 0.160. The van der Waals surface area contributed by atoms with Crippen molar-refractivity contribution in [3.63, 3.8) is 0 Å². The molecule has 94 valence electrons. The van der Waals surface area contributed by atoms with E-state index in [1.54, 1.807) is 0 Å². The Morgan fingerprint density at radius 2 is 1.94 bits per heavy atom. The first-order valence-electron chi connectivity index (χ1n) is 5.84. The Bertz CT molecular complexity index is 351. The average Bonchev–Trinajstić information content (AvgIpc) is 2.37. The van der Waals surface area contributed by atoms with Crippen molar-refractivity contribution in [1.29, 1.82) is 0 Å². The number of nitrogens with one attached hydrogen (secondary N) is 1. The largest absolute Gasteiger partial charge is 0.294 e. The van der Waals surface area contributed by atoms with E-state index < -0.39 is 0 Å². The van der Waals surface area contributed by atoms with Gasteiger partial charge >= 0.3 is 0 Å². The molecule has 1 aromatic carbocycles. The van der Waals surface area contributed by atoms with Crippen molar-refractivity contribution in [3.8, 4) is 0 Å². The lowest BCUT2D eigenvalue weighted by Gasteiger charge is -2.08. The molecule has 17 heavy (non-hydrogen) atoms. The van der Waals surface area contributed by atoms with Crippen LogP contribution in [0.2, 0.25) is 0 Å². The number of benzene rings is 1. The highest BCUT2D eigenvalue weighted by molar-refractivity contribution is 7.99. The highest BCUT2D eigenvalue weighted by Crippen LogP contribution is 2.19. The highest BCUT2D eigenvalue weighted by atomic mass is 32.2. The van der Waals surface area contributed by atoms with E-state index in [0.29, 0.717) is 11.7 Å². The molecule has 0 aliphatic heterocycles. The van der Waals surface area contributed by atoms with Crippen LogP contribution in [0.5, 0.6) is 0 Å². The summed E-state index contributed by atoms with van der Waals surface area (Å²) in [7, 11) is 0. The Labute approximate surface area is 107 Å². The number of carbonyl (C=O) groups is 1. The van der Waals surface area contributed by atoms with Gasteiger partial charge in [0.1, 0.15) is 0 Å². The second-order valence-corrected chi connectivity index (χ2v) is 5.52. The summed E-state index contributed by atoms with van der Waals surface area (Å²) >= 11 is 1.95. The number of hydrogen-bond donors (Lipinski definition) is 2. The topological polar surface area (TPSA) is 55.1 Å². The van der Waals surface area contributed by atoms with Crippen molar-refractivity contribution in [2.24, 2.45) is 5.84 Å². The van der Waals surface area contributed by atoms with Crippen LogP contribution in [0.3, 0.4) is 0 Å². The summed E-state index contributed by atoms with van der Waals surface area (Å²) in [5, 5.41) is 0.692. The third-order valence-electron chi connectivity index (χ3n) is 2.66. The number of hydrazine groups is 1. The molecule has 0 aromatic heterocycles. The lowest BCUT2D eigenvalue weighted by atomic mass is 10.1. The zero-order valence-corrected chi connectivity index (χ0v) is 11.2. The SMILES string of the molecule is CCC(C)SCc1ccc(CC(=O)NN)cc1. The Kier molecular flexibility index (Phi) is 6.08. The van der Waals surface area contributed by atoms with Gasteiger partial charge in [-0.05, 0) is 17.5 Å². The summed E-state index contributed by atoms with van der Waals surface area (Å²) < 4.78 is 0. The molecule has 1 aromatic rings. The summed E-state index contributed by atoms with van der Waals surface area (Å²) in [6, 6.07) is 8.13. The van der Waals surface area contributed by atoms with Gasteiger partial charge in [-0.15, -0.1) is 0 Å². The maximum Gasteiger partial charge on any atom is 0.238 e. The summed E-state index contributed by atoms with van der Waals surface area (Å²) in [4.78, 5) is 11.1. The fourth-order valence-electron chi connectivity index (χ4n) is 1.35. The first-order valence-corrected chi connectivity index (χ1v) is 6.89. The Hall–Kier alpha value is -1.00. The number of nitrogens with two attached hydrogens (primary N) is 1. The van der Waals surface area contributed by atoms with E-state index >= 15 is 0 Å². The summed E-state index contributed by atoms with van der Waals surface area (Å²) in [5.41, 5.74) is 4.42. The van der Waals surface area contributed by atoms with E-state index in [9.17, 15) is 4.79 Å². The molecule has 0 fully saturated rings. The molecule has 3 N–H and O–H groups in total. The number of thioether (sulfide) groups is 1.